The van der Waals surface area contributed by atoms with E-state index in [2.05, 4.69) is 13.8 Å². The maximum Gasteiger partial charge on any atom is 0.472 e. The third-order valence-electron chi connectivity index (χ3n) is 12.8. The fourth-order valence-electron chi connectivity index (χ4n) is 7.93. The second-order valence-electron chi connectivity index (χ2n) is 22.9. The zero-order chi connectivity index (χ0) is 57.6. The molecule has 0 aliphatic rings. The lowest BCUT2D eigenvalue weighted by Gasteiger charge is -2.24. The zero-order valence-electron chi connectivity index (χ0n) is 50.6. The van der Waals surface area contributed by atoms with Gasteiger partial charge in [-0.3, -0.25) is 22.9 Å². The fourth-order valence-corrected chi connectivity index (χ4v) is 9.41. The maximum atomic E-state index is 12.2. The maximum absolute atomic E-state index is 12.2. The van der Waals surface area contributed by atoms with Crippen LogP contribution >= 0.6 is 15.6 Å². The summed E-state index contributed by atoms with van der Waals surface area (Å²) in [4.78, 5) is 53.0. The number of hydrogen-bond acceptors (Lipinski definition) is 13. The molecule has 0 spiro atoms. The number of carbonyl (C=O) groups excluding carboxylic acids is 3. The van der Waals surface area contributed by atoms with Crippen molar-refractivity contribution in [3.63, 3.8) is 0 Å². The van der Waals surface area contributed by atoms with E-state index in [1.807, 2.05) is 42.3 Å². The van der Waals surface area contributed by atoms with Crippen LogP contribution in [-0.2, 0) is 60.6 Å². The molecule has 77 heavy (non-hydrogen) atoms. The highest BCUT2D eigenvalue weighted by molar-refractivity contribution is 7.47. The number of likely N-dealkylation sites (N-methyl/N-ethyl adjacent to an activating group) is 2. The normalized spacial score (nSPS) is 14.3. The number of nitrogens with zero attached hydrogens (tertiary/aromatic N) is 2. The molecular weight excluding hydrogens is 1030 g/mol. The summed E-state index contributed by atoms with van der Waals surface area (Å²) in [5.41, 5.74) is 0. The first-order valence-corrected chi connectivity index (χ1v) is 33.5. The number of rotatable bonds is 59. The summed E-state index contributed by atoms with van der Waals surface area (Å²) in [7, 11) is 3.36. The molecule has 0 aromatic rings. The Morgan fingerprint density at radius 1 is 0.416 bits per heavy atom. The largest absolute Gasteiger partial charge is 0.472 e. The van der Waals surface area contributed by atoms with E-state index >= 15 is 0 Å². The van der Waals surface area contributed by atoms with E-state index in [0.29, 0.717) is 61.3 Å². The monoisotopic (exact) mass is 1150 g/mol. The number of unbranched alkanes of at least 4 members (excludes halogenated alkanes) is 29. The molecule has 0 rings (SSSR count). The molecule has 0 aliphatic carbocycles. The van der Waals surface area contributed by atoms with Crippen molar-refractivity contribution in [3.8, 4) is 0 Å². The minimum absolute atomic E-state index is 0.0586. The average molecular weight is 1150 g/mol. The van der Waals surface area contributed by atoms with Gasteiger partial charge in [-0.25, -0.2) is 9.13 Å². The lowest BCUT2D eigenvalue weighted by atomic mass is 10.0. The minimum Gasteiger partial charge on any atom is -0.457 e. The zero-order valence-corrected chi connectivity index (χ0v) is 52.4. The van der Waals surface area contributed by atoms with Crippen molar-refractivity contribution in [1.29, 1.82) is 0 Å². The van der Waals surface area contributed by atoms with Gasteiger partial charge in [0, 0.05) is 39.1 Å². The molecule has 0 saturated heterocycles. The molecule has 19 heteroatoms. The molecule has 0 fully saturated rings. The Labute approximate surface area is 471 Å². The van der Waals surface area contributed by atoms with E-state index in [-0.39, 0.29) is 45.9 Å². The number of aldehydes is 2. The Balaban J connectivity index is 0. The highest BCUT2D eigenvalue weighted by Gasteiger charge is 2.27. The van der Waals surface area contributed by atoms with E-state index in [4.69, 9.17) is 37.0 Å². The lowest BCUT2D eigenvalue weighted by molar-refractivity contribution is -0.870. The van der Waals surface area contributed by atoms with Crippen LogP contribution in [0.3, 0.4) is 0 Å². The van der Waals surface area contributed by atoms with Crippen LogP contribution in [0.15, 0.2) is 0 Å². The van der Waals surface area contributed by atoms with Gasteiger partial charge < -0.3 is 47.3 Å². The SMILES string of the molecule is CCCCCCCCCCCCCCCCOCC(COP(=O)(O)OCC[N+](C)(C)C)OC(=O)CCCC=O.CCCCCCCCCCCCCCCCOCC(COP(=O)(O)OCC[N+](C)(C)C)OCCCCC=O. The molecule has 17 nitrogen and oxygen atoms in total. The van der Waals surface area contributed by atoms with Crippen LogP contribution in [0.25, 0.3) is 0 Å². The summed E-state index contributed by atoms with van der Waals surface area (Å²) in [6.07, 6.45) is 39.5. The number of phosphoric ester groups is 2. The molecule has 4 atom stereocenters. The van der Waals surface area contributed by atoms with Crippen LogP contribution < -0.4 is 0 Å². The van der Waals surface area contributed by atoms with Crippen molar-refractivity contribution >= 4 is 34.2 Å². The second-order valence-corrected chi connectivity index (χ2v) is 25.8. The first kappa shape index (κ1) is 77.9. The van der Waals surface area contributed by atoms with Gasteiger partial charge in [-0.2, -0.15) is 0 Å². The van der Waals surface area contributed by atoms with E-state index < -0.39 is 33.8 Å². The van der Waals surface area contributed by atoms with Crippen LogP contribution in [-0.4, -0.2) is 164 Å². The second kappa shape index (κ2) is 54.1. The molecule has 0 amide bonds. The summed E-state index contributed by atoms with van der Waals surface area (Å²) < 4.78 is 68.7. The average Bonchev–Trinajstić information content (AvgIpc) is 3.36. The molecule has 0 bridgehead atoms. The van der Waals surface area contributed by atoms with Crippen LogP contribution in [0.1, 0.15) is 232 Å². The standard InChI is InChI=1S/C29H58NO8P.C29H60NO7P/c1-5-6-7-8-9-10-11-12-13-14-15-16-17-20-24-35-26-28(38-29(32)21-18-19-23-31)27-37-39(33,34)36-25-22-30(2,3)4;1-5-6-7-8-9-10-11-12-13-14-15-16-17-20-24-34-27-29(35-25-21-18-19-23-31)28-37-38(32,33)36-26-22-30(2,3)4/h23,28H,5-22,24-27H2,1-4H3;23,29H,5-22,24-28H2,1-4H3/p+2. The Kier molecular flexibility index (Phi) is 54.7. The lowest BCUT2D eigenvalue weighted by Crippen LogP contribution is -2.37. The Hall–Kier alpha value is -1.17. The van der Waals surface area contributed by atoms with E-state index in [0.717, 1.165) is 51.1 Å². The summed E-state index contributed by atoms with van der Waals surface area (Å²) in [6.45, 7) is 7.41. The number of hydrogen-bond donors (Lipinski definition) is 2. The Bertz CT molecular complexity index is 1420. The number of quaternary nitrogens is 2. The van der Waals surface area contributed by atoms with Gasteiger partial charge in [0.1, 0.15) is 51.1 Å². The summed E-state index contributed by atoms with van der Waals surface area (Å²) >= 11 is 0. The molecule has 0 aromatic carbocycles. The van der Waals surface area contributed by atoms with Gasteiger partial charge in [-0.1, -0.05) is 181 Å². The van der Waals surface area contributed by atoms with Gasteiger partial charge in [0.15, 0.2) is 0 Å². The molecule has 460 valence electrons. The minimum atomic E-state index is -4.28. The van der Waals surface area contributed by atoms with Gasteiger partial charge in [0.05, 0.1) is 68.7 Å². The van der Waals surface area contributed by atoms with Crippen LogP contribution in [0.2, 0.25) is 0 Å². The van der Waals surface area contributed by atoms with Gasteiger partial charge in [0.2, 0.25) is 0 Å². The first-order valence-electron chi connectivity index (χ1n) is 30.5. The quantitative estimate of drug-likeness (QED) is 0.0191. The topological polar surface area (TPSA) is 200 Å². The van der Waals surface area contributed by atoms with Gasteiger partial charge in [0.25, 0.3) is 0 Å². The van der Waals surface area contributed by atoms with E-state index in [1.165, 1.54) is 154 Å². The predicted molar refractivity (Wildman–Crippen MR) is 311 cm³/mol. The van der Waals surface area contributed by atoms with Crippen LogP contribution in [0.5, 0.6) is 0 Å². The van der Waals surface area contributed by atoms with Crippen LogP contribution in [0, 0.1) is 0 Å². The molecule has 0 aliphatic heterocycles. The molecule has 4 unspecified atom stereocenters. The molecular formula is C58H120N2O15P2+2. The first-order chi connectivity index (χ1) is 36.8. The van der Waals surface area contributed by atoms with Crippen molar-refractivity contribution < 1.29 is 79.3 Å². The van der Waals surface area contributed by atoms with E-state index in [9.17, 15) is 33.3 Å². The molecule has 0 saturated carbocycles. The third kappa shape index (κ3) is 63.9. The fraction of sp³-hybridized carbons (Fsp3) is 0.948. The molecule has 2 N–H and O–H groups in total. The number of ether oxygens (including phenoxy) is 4. The van der Waals surface area contributed by atoms with Crippen molar-refractivity contribution in [1.82, 2.24) is 0 Å². The summed E-state index contributed by atoms with van der Waals surface area (Å²) in [5, 5.41) is 0. The van der Waals surface area contributed by atoms with Gasteiger partial charge >= 0.3 is 21.6 Å². The number of carbonyl (C=O) groups is 3. The summed E-state index contributed by atoms with van der Waals surface area (Å²) in [6, 6.07) is 0. The van der Waals surface area contributed by atoms with Crippen molar-refractivity contribution in [2.75, 3.05) is 115 Å². The Morgan fingerprint density at radius 3 is 1.10 bits per heavy atom. The van der Waals surface area contributed by atoms with Gasteiger partial charge in [-0.15, -0.1) is 0 Å². The number of esters is 1. The number of phosphoric acid groups is 2. The van der Waals surface area contributed by atoms with Gasteiger partial charge in [-0.05, 0) is 32.1 Å². The molecule has 0 radical (unpaired) electrons. The highest BCUT2D eigenvalue weighted by atomic mass is 31.2. The van der Waals surface area contributed by atoms with Crippen molar-refractivity contribution in [3.05, 3.63) is 0 Å². The summed E-state index contributed by atoms with van der Waals surface area (Å²) in [5.74, 6) is -0.496. The van der Waals surface area contributed by atoms with Crippen molar-refractivity contribution in [2.45, 2.75) is 244 Å². The highest BCUT2D eigenvalue weighted by Crippen LogP contribution is 2.44. The van der Waals surface area contributed by atoms with Crippen LogP contribution in [0.4, 0.5) is 0 Å². The molecule has 0 aromatic heterocycles. The smallest absolute Gasteiger partial charge is 0.457 e. The van der Waals surface area contributed by atoms with Crippen molar-refractivity contribution in [2.24, 2.45) is 0 Å². The molecule has 0 heterocycles. The predicted octanol–water partition coefficient (Wildman–Crippen LogP) is 13.7. The third-order valence-corrected chi connectivity index (χ3v) is 14.8. The van der Waals surface area contributed by atoms with E-state index in [1.54, 1.807) is 0 Å². The Morgan fingerprint density at radius 2 is 0.740 bits per heavy atom.